The number of hydrogen-bond donors (Lipinski definition) is 1. The van der Waals surface area contributed by atoms with Gasteiger partial charge in [-0.05, 0) is 52.8 Å². The molecule has 0 atom stereocenters. The number of carbonyl (C=O) groups is 1. The van der Waals surface area contributed by atoms with Crippen LogP contribution in [0.4, 0.5) is 0 Å². The van der Waals surface area contributed by atoms with E-state index in [9.17, 15) is 23.6 Å². The number of nitrogens with zero attached hydrogens (tertiary/aromatic N) is 2. The number of nitriles is 1. The van der Waals surface area contributed by atoms with Crippen LogP contribution in [0.2, 0.25) is 0 Å². The van der Waals surface area contributed by atoms with Crippen molar-refractivity contribution in [3.8, 4) is 11.8 Å². The number of phenols is 1. The highest BCUT2D eigenvalue weighted by atomic mass is 32.2. The number of ether oxygens (including phenoxy) is 1. The van der Waals surface area contributed by atoms with Gasteiger partial charge in [-0.25, -0.2) is 8.42 Å². The molecule has 0 aliphatic carbocycles. The highest BCUT2D eigenvalue weighted by Gasteiger charge is 2.28. The van der Waals surface area contributed by atoms with E-state index in [2.05, 4.69) is 0 Å². The molecule has 1 aliphatic rings. The van der Waals surface area contributed by atoms with Gasteiger partial charge in [0.25, 0.3) is 5.91 Å². The zero-order valence-corrected chi connectivity index (χ0v) is 22.6. The molecule has 1 fully saturated rings. The third-order valence-electron chi connectivity index (χ3n) is 6.14. The number of benzene rings is 2. The summed E-state index contributed by atoms with van der Waals surface area (Å²) < 4.78 is 32.2. The molecule has 1 aliphatic heterocycles. The van der Waals surface area contributed by atoms with Crippen molar-refractivity contribution in [1.29, 1.82) is 5.26 Å². The second kappa shape index (κ2) is 10.1. The average Bonchev–Trinajstić information content (AvgIpc) is 2.81. The Labute approximate surface area is 213 Å². The second-order valence-corrected chi connectivity index (χ2v) is 12.9. The lowest BCUT2D eigenvalue weighted by Crippen LogP contribution is -2.40. The number of morpholine rings is 1. The van der Waals surface area contributed by atoms with Crippen LogP contribution in [0.1, 0.15) is 68.6 Å². The topological polar surface area (TPSA) is 108 Å². The number of carbonyl (C=O) groups excluding carboxylic acids is 1. The summed E-state index contributed by atoms with van der Waals surface area (Å²) in [6, 6.07) is 11.0. The summed E-state index contributed by atoms with van der Waals surface area (Å²) in [4.78, 5) is 13.9. The highest BCUT2D eigenvalue weighted by molar-refractivity contribution is 7.95. The van der Waals surface area contributed by atoms with Crippen LogP contribution in [0.25, 0.3) is 6.08 Å². The molecule has 1 amide bonds. The largest absolute Gasteiger partial charge is 0.507 e. The van der Waals surface area contributed by atoms with E-state index in [0.717, 1.165) is 0 Å². The molecule has 2 aromatic carbocycles. The number of phenolic OH excluding ortho intramolecular Hbond substituents is 1. The minimum absolute atomic E-state index is 0.125. The van der Waals surface area contributed by atoms with Crippen LogP contribution >= 0.6 is 0 Å². The van der Waals surface area contributed by atoms with Crippen molar-refractivity contribution in [2.24, 2.45) is 0 Å². The second-order valence-electron chi connectivity index (χ2n) is 11.0. The lowest BCUT2D eigenvalue weighted by atomic mass is 9.78. The van der Waals surface area contributed by atoms with Gasteiger partial charge in [-0.2, -0.15) is 5.26 Å². The van der Waals surface area contributed by atoms with Crippen LogP contribution in [0.5, 0.6) is 5.75 Å². The van der Waals surface area contributed by atoms with Gasteiger partial charge in [0.05, 0.1) is 18.1 Å². The van der Waals surface area contributed by atoms with E-state index in [1.165, 1.54) is 24.3 Å². The fourth-order valence-corrected chi connectivity index (χ4v) is 5.28. The first kappa shape index (κ1) is 27.4. The van der Waals surface area contributed by atoms with Crippen LogP contribution in [0, 0.1) is 11.3 Å². The van der Waals surface area contributed by atoms with E-state index in [-0.39, 0.29) is 22.1 Å². The number of hydrogen-bond acceptors (Lipinski definition) is 6. The van der Waals surface area contributed by atoms with Crippen molar-refractivity contribution in [2.75, 3.05) is 26.3 Å². The van der Waals surface area contributed by atoms with E-state index in [0.29, 0.717) is 43.0 Å². The van der Waals surface area contributed by atoms with Gasteiger partial charge in [0.15, 0.2) is 0 Å². The fourth-order valence-electron chi connectivity index (χ4n) is 4.08. The van der Waals surface area contributed by atoms with E-state index in [1.807, 2.05) is 47.6 Å². The molecule has 0 spiro atoms. The maximum atomic E-state index is 13.5. The minimum atomic E-state index is -4.20. The summed E-state index contributed by atoms with van der Waals surface area (Å²) in [7, 11) is -4.20. The first-order valence-corrected chi connectivity index (χ1v) is 13.4. The lowest BCUT2D eigenvalue weighted by molar-refractivity contribution is 0.0302. The number of allylic oxidation sites excluding steroid dienone is 1. The molecule has 192 valence electrons. The van der Waals surface area contributed by atoms with Crippen LogP contribution < -0.4 is 0 Å². The fraction of sp³-hybridized carbons (Fsp3) is 0.429. The van der Waals surface area contributed by atoms with Crippen molar-refractivity contribution in [2.45, 2.75) is 57.3 Å². The van der Waals surface area contributed by atoms with Gasteiger partial charge >= 0.3 is 0 Å². The Morgan fingerprint density at radius 3 is 2.08 bits per heavy atom. The SMILES string of the molecule is CC(C)(C)c1cc(/C=C(\C#N)S(=O)(=O)c2cccc(C(=O)N3CCOCC3)c2)cc(C(C)(C)C)c1O. The molecule has 1 N–H and O–H groups in total. The Morgan fingerprint density at radius 2 is 1.58 bits per heavy atom. The molecule has 0 unspecified atom stereocenters. The Balaban J connectivity index is 2.09. The molecule has 2 aromatic rings. The molecule has 3 rings (SSSR count). The molecule has 0 bridgehead atoms. The van der Waals surface area contributed by atoms with Gasteiger partial charge in [0.1, 0.15) is 16.7 Å². The van der Waals surface area contributed by atoms with E-state index in [4.69, 9.17) is 4.74 Å². The molecule has 7 nitrogen and oxygen atoms in total. The molecule has 0 aromatic heterocycles. The normalized spacial score (nSPS) is 15.5. The number of sulfone groups is 1. The summed E-state index contributed by atoms with van der Waals surface area (Å²) in [5.41, 5.74) is 1.25. The Kier molecular flexibility index (Phi) is 7.68. The number of aromatic hydroxyl groups is 1. The molecule has 1 heterocycles. The van der Waals surface area contributed by atoms with Gasteiger partial charge in [-0.3, -0.25) is 4.79 Å². The Morgan fingerprint density at radius 1 is 1.03 bits per heavy atom. The van der Waals surface area contributed by atoms with Crippen molar-refractivity contribution in [3.63, 3.8) is 0 Å². The van der Waals surface area contributed by atoms with Crippen LogP contribution in [0.15, 0.2) is 46.2 Å². The monoisotopic (exact) mass is 510 g/mol. The quantitative estimate of drug-likeness (QED) is 0.592. The first-order valence-electron chi connectivity index (χ1n) is 11.9. The zero-order chi connectivity index (χ0) is 26.9. The summed E-state index contributed by atoms with van der Waals surface area (Å²) in [6.07, 6.45) is 1.33. The number of rotatable bonds is 4. The predicted octanol–water partition coefficient (Wildman–Crippen LogP) is 4.80. The third kappa shape index (κ3) is 5.80. The summed E-state index contributed by atoms with van der Waals surface area (Å²) in [5, 5.41) is 20.8. The Bertz CT molecular complexity index is 1300. The summed E-state index contributed by atoms with van der Waals surface area (Å²) in [5.74, 6) is -0.108. The summed E-state index contributed by atoms with van der Waals surface area (Å²) >= 11 is 0. The molecule has 36 heavy (non-hydrogen) atoms. The van der Waals surface area contributed by atoms with Gasteiger partial charge in [0, 0.05) is 29.8 Å². The van der Waals surface area contributed by atoms with Crippen molar-refractivity contribution < 1.29 is 23.1 Å². The maximum Gasteiger partial charge on any atom is 0.254 e. The van der Waals surface area contributed by atoms with E-state index >= 15 is 0 Å². The van der Waals surface area contributed by atoms with Gasteiger partial charge in [0.2, 0.25) is 9.84 Å². The zero-order valence-electron chi connectivity index (χ0n) is 21.8. The molecule has 8 heteroatoms. The molecule has 0 saturated carbocycles. The smallest absolute Gasteiger partial charge is 0.254 e. The van der Waals surface area contributed by atoms with Crippen molar-refractivity contribution >= 4 is 21.8 Å². The molecular weight excluding hydrogens is 476 g/mol. The Hall–Kier alpha value is -3.15. The van der Waals surface area contributed by atoms with Crippen LogP contribution in [0.3, 0.4) is 0 Å². The lowest BCUT2D eigenvalue weighted by Gasteiger charge is -2.28. The van der Waals surface area contributed by atoms with Crippen LogP contribution in [-0.4, -0.2) is 50.6 Å². The maximum absolute atomic E-state index is 13.5. The van der Waals surface area contributed by atoms with Gasteiger partial charge < -0.3 is 14.7 Å². The third-order valence-corrected chi connectivity index (χ3v) is 7.80. The van der Waals surface area contributed by atoms with Gasteiger partial charge in [-0.1, -0.05) is 47.6 Å². The molecule has 0 radical (unpaired) electrons. The highest BCUT2D eigenvalue weighted by Crippen LogP contribution is 2.40. The molecular formula is C28H34N2O5S. The summed E-state index contributed by atoms with van der Waals surface area (Å²) in [6.45, 7) is 13.5. The van der Waals surface area contributed by atoms with E-state index < -0.39 is 25.6 Å². The first-order chi connectivity index (χ1) is 16.7. The minimum Gasteiger partial charge on any atom is -0.507 e. The van der Waals surface area contributed by atoms with Crippen LogP contribution in [-0.2, 0) is 25.4 Å². The number of amides is 1. The molecule has 1 saturated heterocycles. The van der Waals surface area contributed by atoms with Crippen molar-refractivity contribution in [1.82, 2.24) is 4.90 Å². The van der Waals surface area contributed by atoms with Crippen molar-refractivity contribution in [3.05, 3.63) is 63.6 Å². The van der Waals surface area contributed by atoms with E-state index in [1.54, 1.807) is 23.1 Å². The van der Waals surface area contributed by atoms with Gasteiger partial charge in [-0.15, -0.1) is 0 Å². The average molecular weight is 511 g/mol. The predicted molar refractivity (Wildman–Crippen MR) is 139 cm³/mol. The standard InChI is InChI=1S/C28H34N2O5S/c1-27(2,3)23-15-19(16-24(25(23)31)28(4,5)6)14-22(18-29)36(33,34)21-9-7-8-20(17-21)26(32)30-10-12-35-13-11-30/h7-9,14-17,31H,10-13H2,1-6H3/b22-14+.